The number of likely N-dealkylation sites (N-methyl/N-ethyl adjacent to an activating group) is 1. The molecule has 0 bridgehead atoms. The first kappa shape index (κ1) is 23.8. The predicted molar refractivity (Wildman–Crippen MR) is 126 cm³/mol. The largest absolute Gasteiger partial charge is 0.489 e. The van der Waals surface area contributed by atoms with Crippen molar-refractivity contribution in [3.63, 3.8) is 0 Å². The molecule has 0 spiro atoms. The molecule has 0 saturated heterocycles. The summed E-state index contributed by atoms with van der Waals surface area (Å²) in [6.45, 7) is 6.49. The molecule has 5 N–H and O–H groups in total. The van der Waals surface area contributed by atoms with Crippen molar-refractivity contribution in [1.29, 1.82) is 0 Å². The second-order valence-electron chi connectivity index (χ2n) is 8.63. The van der Waals surface area contributed by atoms with Gasteiger partial charge in [0.25, 0.3) is 5.95 Å². The fourth-order valence-corrected chi connectivity index (χ4v) is 3.97. The molecule has 0 radical (unpaired) electrons. The van der Waals surface area contributed by atoms with Crippen LogP contribution in [0, 0.1) is 6.92 Å². The third-order valence-corrected chi connectivity index (χ3v) is 5.89. The smallest absolute Gasteiger partial charge is 0.263 e. The fourth-order valence-electron chi connectivity index (χ4n) is 3.97. The van der Waals surface area contributed by atoms with Gasteiger partial charge in [-0.15, -0.1) is 0 Å². The summed E-state index contributed by atoms with van der Waals surface area (Å²) in [6, 6.07) is 3.82. The van der Waals surface area contributed by atoms with Crippen molar-refractivity contribution in [1.82, 2.24) is 20.1 Å². The summed E-state index contributed by atoms with van der Waals surface area (Å²) in [5.41, 5.74) is 9.07. The quantitative estimate of drug-likeness (QED) is 0.369. The molecule has 0 amide bonds. The maximum absolute atomic E-state index is 6.45. The Balaban J connectivity index is 1.70. The van der Waals surface area contributed by atoms with E-state index in [9.17, 15) is 0 Å². The van der Waals surface area contributed by atoms with Crippen molar-refractivity contribution in [2.75, 3.05) is 18.9 Å². The molecule has 1 fully saturated rings. The minimum Gasteiger partial charge on any atom is -0.489 e. The lowest BCUT2D eigenvalue weighted by Gasteiger charge is -2.24. The molecule has 0 aromatic carbocycles. The van der Waals surface area contributed by atoms with Crippen molar-refractivity contribution in [3.05, 3.63) is 35.1 Å². The van der Waals surface area contributed by atoms with Crippen LogP contribution in [0.2, 0.25) is 0 Å². The number of hydrazine groups is 1. The van der Waals surface area contributed by atoms with Crippen molar-refractivity contribution < 1.29 is 9.26 Å². The van der Waals surface area contributed by atoms with Crippen LogP contribution in [0.3, 0.4) is 0 Å². The van der Waals surface area contributed by atoms with Crippen LogP contribution in [-0.2, 0) is 0 Å². The van der Waals surface area contributed by atoms with Crippen molar-refractivity contribution in [2.24, 2.45) is 11.6 Å². The zero-order valence-corrected chi connectivity index (χ0v) is 19.7. The zero-order valence-electron chi connectivity index (χ0n) is 19.7. The summed E-state index contributed by atoms with van der Waals surface area (Å²) in [5, 5.41) is 8.64. The van der Waals surface area contributed by atoms with Crippen LogP contribution in [-0.4, -0.2) is 39.8 Å². The minimum absolute atomic E-state index is 0.224. The number of nitrogens with zero attached hydrogens (tertiary/aromatic N) is 4. The number of nitrogens with one attached hydrogen (secondary N) is 1. The Morgan fingerprint density at radius 3 is 2.69 bits per heavy atom. The van der Waals surface area contributed by atoms with Gasteiger partial charge in [0.15, 0.2) is 0 Å². The van der Waals surface area contributed by atoms with E-state index in [0.29, 0.717) is 35.5 Å². The summed E-state index contributed by atoms with van der Waals surface area (Å²) >= 11 is 0. The fraction of sp³-hybridized carbons (Fsp3) is 0.609. The average Bonchev–Trinajstić information content (AvgIpc) is 3.25. The number of rotatable bonds is 10. The summed E-state index contributed by atoms with van der Waals surface area (Å²) in [5.74, 6) is 8.14. The van der Waals surface area contributed by atoms with E-state index >= 15 is 0 Å². The highest BCUT2D eigenvalue weighted by molar-refractivity contribution is 5.64. The van der Waals surface area contributed by atoms with Gasteiger partial charge in [0.2, 0.25) is 5.89 Å². The Bertz CT molecular complexity index is 903. The van der Waals surface area contributed by atoms with Gasteiger partial charge in [-0.2, -0.15) is 4.98 Å². The van der Waals surface area contributed by atoms with Gasteiger partial charge < -0.3 is 25.3 Å². The monoisotopic (exact) mass is 443 g/mol. The summed E-state index contributed by atoms with van der Waals surface area (Å²) in [4.78, 5) is 9.11. The number of hydrogen-bond acceptors (Lipinski definition) is 9. The number of hydrogen-bond donors (Lipinski definition) is 3. The van der Waals surface area contributed by atoms with E-state index in [1.807, 2.05) is 19.1 Å². The van der Waals surface area contributed by atoms with Gasteiger partial charge in [-0.25, -0.2) is 10.8 Å². The third kappa shape index (κ3) is 6.12. The Hall–Kier alpha value is -2.81. The van der Waals surface area contributed by atoms with Crippen LogP contribution >= 0.6 is 0 Å². The van der Waals surface area contributed by atoms with Crippen molar-refractivity contribution in [2.45, 2.75) is 77.7 Å². The second-order valence-corrected chi connectivity index (χ2v) is 8.63. The maximum Gasteiger partial charge on any atom is 0.263 e. The van der Waals surface area contributed by atoms with Gasteiger partial charge >= 0.3 is 0 Å². The molecular weight excluding hydrogens is 406 g/mol. The van der Waals surface area contributed by atoms with Crippen LogP contribution < -0.4 is 21.6 Å². The van der Waals surface area contributed by atoms with Crippen LogP contribution in [0.25, 0.3) is 5.70 Å². The van der Waals surface area contributed by atoms with Gasteiger partial charge in [0, 0.05) is 13.0 Å². The van der Waals surface area contributed by atoms with E-state index in [1.54, 1.807) is 7.05 Å². The minimum atomic E-state index is 0.224. The van der Waals surface area contributed by atoms with Crippen molar-refractivity contribution >= 4 is 11.6 Å². The molecule has 1 aliphatic rings. The SMILES string of the molecule is CCCC(C)c1nc(NC/C(=C(/N)c2ccc(OC3CCCCC3)c(C)n2)N(C)N)no1. The first-order chi connectivity index (χ1) is 15.4. The average molecular weight is 444 g/mol. The Morgan fingerprint density at radius 2 is 2.03 bits per heavy atom. The third-order valence-electron chi connectivity index (χ3n) is 5.89. The number of ether oxygens (including phenoxy) is 1. The standard InChI is InChI=1S/C23H37N7O2/c1-5-9-15(2)22-28-23(29-32-22)26-14-19(30(4)25)21(24)18-12-13-20(16(3)27-18)31-17-10-7-6-8-11-17/h12-13,15,17H,5-11,14,24-25H2,1-4H3,(H,26,29)/b21-19-. The van der Waals surface area contributed by atoms with Crippen LogP contribution in [0.1, 0.15) is 82.0 Å². The van der Waals surface area contributed by atoms with Crippen LogP contribution in [0.4, 0.5) is 5.95 Å². The molecule has 9 heteroatoms. The topological polar surface area (TPSA) is 128 Å². The van der Waals surface area contributed by atoms with E-state index in [4.69, 9.17) is 20.8 Å². The molecule has 1 saturated carbocycles. The molecule has 2 aromatic heterocycles. The molecule has 3 rings (SSSR count). The lowest BCUT2D eigenvalue weighted by molar-refractivity contribution is 0.153. The molecule has 0 aliphatic heterocycles. The number of nitrogens with two attached hydrogens (primary N) is 2. The first-order valence-corrected chi connectivity index (χ1v) is 11.6. The molecule has 176 valence electrons. The van der Waals surface area contributed by atoms with Crippen LogP contribution in [0.5, 0.6) is 5.75 Å². The maximum atomic E-state index is 6.45. The number of aryl methyl sites for hydroxylation is 1. The van der Waals surface area contributed by atoms with Crippen molar-refractivity contribution in [3.8, 4) is 5.75 Å². The van der Waals surface area contributed by atoms with E-state index in [1.165, 1.54) is 24.3 Å². The lowest BCUT2D eigenvalue weighted by atomic mass is 9.98. The number of aromatic nitrogens is 3. The number of anilines is 1. The molecular formula is C23H37N7O2. The van der Waals surface area contributed by atoms with Gasteiger partial charge in [-0.05, 0) is 56.3 Å². The zero-order chi connectivity index (χ0) is 23.1. The highest BCUT2D eigenvalue weighted by Gasteiger charge is 2.18. The van der Waals surface area contributed by atoms with Crippen LogP contribution in [0.15, 0.2) is 22.4 Å². The number of pyridine rings is 1. The van der Waals surface area contributed by atoms with E-state index in [0.717, 1.165) is 37.1 Å². The molecule has 32 heavy (non-hydrogen) atoms. The highest BCUT2D eigenvalue weighted by atomic mass is 16.5. The molecule has 2 aromatic rings. The molecule has 9 nitrogen and oxygen atoms in total. The Labute approximate surface area is 190 Å². The second kappa shape index (κ2) is 11.2. The Kier molecular flexibility index (Phi) is 8.33. The van der Waals surface area contributed by atoms with Gasteiger partial charge in [0.05, 0.1) is 35.4 Å². The van der Waals surface area contributed by atoms with Gasteiger partial charge in [-0.3, -0.25) is 0 Å². The van der Waals surface area contributed by atoms with E-state index in [-0.39, 0.29) is 12.0 Å². The normalized spacial score (nSPS) is 16.4. The summed E-state index contributed by atoms with van der Waals surface area (Å²) in [7, 11) is 1.74. The molecule has 2 heterocycles. The van der Waals surface area contributed by atoms with E-state index in [2.05, 4.69) is 34.3 Å². The Morgan fingerprint density at radius 1 is 1.28 bits per heavy atom. The van der Waals surface area contributed by atoms with Gasteiger partial charge in [0.1, 0.15) is 5.75 Å². The molecule has 1 aliphatic carbocycles. The van der Waals surface area contributed by atoms with E-state index < -0.39 is 0 Å². The summed E-state index contributed by atoms with van der Waals surface area (Å²) < 4.78 is 11.5. The van der Waals surface area contributed by atoms with Gasteiger partial charge in [-0.1, -0.05) is 26.7 Å². The predicted octanol–water partition coefficient (Wildman–Crippen LogP) is 3.93. The highest BCUT2D eigenvalue weighted by Crippen LogP contribution is 2.26. The summed E-state index contributed by atoms with van der Waals surface area (Å²) in [6.07, 6.45) is 8.29. The first-order valence-electron chi connectivity index (χ1n) is 11.6. The molecule has 1 unspecified atom stereocenters. The molecule has 1 atom stereocenters. The lowest BCUT2D eigenvalue weighted by Crippen LogP contribution is -2.32.